The number of aliphatic imine (C=N–C) groups is 1. The quantitative estimate of drug-likeness (QED) is 0.439. The molecule has 0 aliphatic carbocycles. The van der Waals surface area contributed by atoms with Gasteiger partial charge in [-0.1, -0.05) is 0 Å². The largest absolute Gasteiger partial charge is 0.459 e. The average Bonchev–Trinajstić information content (AvgIpc) is 2.23. The minimum absolute atomic E-state index is 0.0468. The maximum atomic E-state index is 11.5. The maximum Gasteiger partial charge on any atom is 0.328 e. The van der Waals surface area contributed by atoms with Crippen molar-refractivity contribution in [1.82, 2.24) is 4.90 Å². The summed E-state index contributed by atoms with van der Waals surface area (Å²) in [4.78, 5) is 17.5. The average molecular weight is 257 g/mol. The molecular weight excluding hydrogens is 234 g/mol. The summed E-state index contributed by atoms with van der Waals surface area (Å²) >= 11 is 0. The fraction of sp³-hybridized carbons (Fsp3) is 0.833. The van der Waals surface area contributed by atoms with Gasteiger partial charge in [-0.15, -0.1) is 0 Å². The first kappa shape index (κ1) is 14.8. The van der Waals surface area contributed by atoms with Gasteiger partial charge in [0.2, 0.25) is 0 Å². The number of hydrogen-bond acceptors (Lipinski definition) is 4. The summed E-state index contributed by atoms with van der Waals surface area (Å²) in [6.45, 7) is 9.43. The van der Waals surface area contributed by atoms with Crippen LogP contribution in [0.15, 0.2) is 4.99 Å². The van der Waals surface area contributed by atoms with Crippen LogP contribution in [0, 0.1) is 0 Å². The fourth-order valence-corrected chi connectivity index (χ4v) is 1.65. The van der Waals surface area contributed by atoms with Crippen molar-refractivity contribution in [3.05, 3.63) is 0 Å². The minimum atomic E-state index is -0.491. The van der Waals surface area contributed by atoms with E-state index >= 15 is 0 Å². The lowest BCUT2D eigenvalue weighted by Crippen LogP contribution is -2.48. The van der Waals surface area contributed by atoms with Gasteiger partial charge in [-0.25, -0.2) is 4.99 Å². The first-order valence-corrected chi connectivity index (χ1v) is 6.16. The van der Waals surface area contributed by atoms with Crippen molar-refractivity contribution in [2.24, 2.45) is 10.7 Å². The molecule has 6 heteroatoms. The van der Waals surface area contributed by atoms with Crippen LogP contribution in [0.4, 0.5) is 0 Å². The molecule has 1 saturated heterocycles. The van der Waals surface area contributed by atoms with Crippen molar-refractivity contribution in [3.8, 4) is 0 Å². The van der Waals surface area contributed by atoms with Crippen LogP contribution in [-0.2, 0) is 14.3 Å². The monoisotopic (exact) mass is 257 g/mol. The zero-order valence-corrected chi connectivity index (χ0v) is 11.6. The predicted molar refractivity (Wildman–Crippen MR) is 69.3 cm³/mol. The van der Waals surface area contributed by atoms with E-state index in [1.54, 1.807) is 0 Å². The van der Waals surface area contributed by atoms with Crippen molar-refractivity contribution >= 4 is 11.9 Å². The number of carbonyl (C=O) groups excluding carboxylic acids is 1. The Balaban J connectivity index is 2.43. The first-order chi connectivity index (χ1) is 8.28. The van der Waals surface area contributed by atoms with Crippen LogP contribution in [0.1, 0.15) is 27.7 Å². The molecule has 0 aromatic rings. The molecule has 1 aliphatic heterocycles. The summed E-state index contributed by atoms with van der Waals surface area (Å²) in [7, 11) is 0. The number of carbonyl (C=O) groups is 1. The van der Waals surface area contributed by atoms with Gasteiger partial charge in [-0.05, 0) is 27.7 Å². The predicted octanol–water partition coefficient (Wildman–Crippen LogP) is 0.364. The van der Waals surface area contributed by atoms with Crippen LogP contribution in [0.5, 0.6) is 0 Å². The number of esters is 1. The number of guanidine groups is 1. The normalized spacial score (nSPS) is 21.9. The molecule has 104 valence electrons. The summed E-state index contributed by atoms with van der Waals surface area (Å²) in [5.41, 5.74) is 5.34. The SMILES string of the molecule is CC1CN(C(N)=NCC(=O)OC(C)(C)C)CCO1. The molecule has 0 spiro atoms. The molecule has 18 heavy (non-hydrogen) atoms. The van der Waals surface area contributed by atoms with E-state index in [1.807, 2.05) is 32.6 Å². The first-order valence-electron chi connectivity index (χ1n) is 6.16. The molecule has 1 fully saturated rings. The molecule has 1 atom stereocenters. The lowest BCUT2D eigenvalue weighted by Gasteiger charge is -2.31. The van der Waals surface area contributed by atoms with Gasteiger partial charge in [0.05, 0.1) is 12.7 Å². The molecule has 1 aliphatic rings. The number of morpholine rings is 1. The molecule has 1 heterocycles. The van der Waals surface area contributed by atoms with Gasteiger partial charge in [0, 0.05) is 13.1 Å². The van der Waals surface area contributed by atoms with Crippen molar-refractivity contribution in [3.63, 3.8) is 0 Å². The number of hydrogen-bond donors (Lipinski definition) is 1. The lowest BCUT2D eigenvalue weighted by atomic mass is 10.2. The fourth-order valence-electron chi connectivity index (χ4n) is 1.65. The highest BCUT2D eigenvalue weighted by Crippen LogP contribution is 2.07. The lowest BCUT2D eigenvalue weighted by molar-refractivity contribution is -0.152. The molecule has 2 N–H and O–H groups in total. The third-order valence-electron chi connectivity index (χ3n) is 2.36. The molecule has 1 rings (SSSR count). The highest BCUT2D eigenvalue weighted by atomic mass is 16.6. The molecule has 0 aromatic heterocycles. The third-order valence-corrected chi connectivity index (χ3v) is 2.36. The Bertz CT molecular complexity index is 323. The van der Waals surface area contributed by atoms with Crippen molar-refractivity contribution in [2.45, 2.75) is 39.4 Å². The minimum Gasteiger partial charge on any atom is -0.459 e. The van der Waals surface area contributed by atoms with Crippen LogP contribution in [0.2, 0.25) is 0 Å². The Hall–Kier alpha value is -1.30. The Morgan fingerprint density at radius 3 is 2.78 bits per heavy atom. The summed E-state index contributed by atoms with van der Waals surface area (Å²) in [6.07, 6.45) is 0.133. The number of ether oxygens (including phenoxy) is 2. The second-order valence-electron chi connectivity index (χ2n) is 5.39. The standard InChI is InChI=1S/C12H23N3O3/c1-9-8-15(5-6-17-9)11(13)14-7-10(16)18-12(2,3)4/h9H,5-8H2,1-4H3,(H2,13,14). The summed E-state index contributed by atoms with van der Waals surface area (Å²) < 4.78 is 10.6. The van der Waals surface area contributed by atoms with Crippen LogP contribution in [0.3, 0.4) is 0 Å². The highest BCUT2D eigenvalue weighted by Gasteiger charge is 2.19. The van der Waals surface area contributed by atoms with Gasteiger partial charge in [-0.3, -0.25) is 4.79 Å². The van der Waals surface area contributed by atoms with Crippen molar-refractivity contribution < 1.29 is 14.3 Å². The van der Waals surface area contributed by atoms with Gasteiger partial charge < -0.3 is 20.1 Å². The second kappa shape index (κ2) is 6.04. The zero-order chi connectivity index (χ0) is 13.8. The van der Waals surface area contributed by atoms with E-state index in [-0.39, 0.29) is 18.6 Å². The molecule has 0 amide bonds. The van der Waals surface area contributed by atoms with Crippen molar-refractivity contribution in [1.29, 1.82) is 0 Å². The summed E-state index contributed by atoms with van der Waals surface area (Å²) in [5, 5.41) is 0. The highest BCUT2D eigenvalue weighted by molar-refractivity contribution is 5.81. The number of nitrogens with two attached hydrogens (primary N) is 1. The number of nitrogens with zero attached hydrogens (tertiary/aromatic N) is 2. The van der Waals surface area contributed by atoms with Crippen LogP contribution in [0.25, 0.3) is 0 Å². The van der Waals surface area contributed by atoms with Crippen LogP contribution < -0.4 is 5.73 Å². The Labute approximate surface area is 108 Å². The van der Waals surface area contributed by atoms with E-state index in [2.05, 4.69) is 4.99 Å². The smallest absolute Gasteiger partial charge is 0.328 e. The van der Waals surface area contributed by atoms with Crippen LogP contribution >= 0.6 is 0 Å². The van der Waals surface area contributed by atoms with E-state index in [1.165, 1.54) is 0 Å². The van der Waals surface area contributed by atoms with Gasteiger partial charge in [0.15, 0.2) is 5.96 Å². The Kier molecular flexibility index (Phi) is 4.95. The van der Waals surface area contributed by atoms with E-state index in [0.717, 1.165) is 0 Å². The molecule has 0 aromatic carbocycles. The third kappa shape index (κ3) is 5.35. The van der Waals surface area contributed by atoms with Crippen LogP contribution in [-0.4, -0.2) is 54.8 Å². The summed E-state index contributed by atoms with van der Waals surface area (Å²) in [5.74, 6) is 0.00256. The van der Waals surface area contributed by atoms with E-state index in [4.69, 9.17) is 15.2 Å². The maximum absolute atomic E-state index is 11.5. The van der Waals surface area contributed by atoms with Gasteiger partial charge in [0.1, 0.15) is 12.1 Å². The Morgan fingerprint density at radius 1 is 1.56 bits per heavy atom. The molecule has 0 radical (unpaired) electrons. The van der Waals surface area contributed by atoms with E-state index < -0.39 is 5.60 Å². The Morgan fingerprint density at radius 2 is 2.22 bits per heavy atom. The van der Waals surface area contributed by atoms with Gasteiger partial charge >= 0.3 is 5.97 Å². The molecule has 0 saturated carbocycles. The van der Waals surface area contributed by atoms with E-state index in [0.29, 0.717) is 25.7 Å². The molecule has 6 nitrogen and oxygen atoms in total. The molecule has 1 unspecified atom stereocenters. The van der Waals surface area contributed by atoms with Gasteiger partial charge in [-0.2, -0.15) is 0 Å². The molecular formula is C12H23N3O3. The van der Waals surface area contributed by atoms with E-state index in [9.17, 15) is 4.79 Å². The number of rotatable bonds is 2. The van der Waals surface area contributed by atoms with Crippen molar-refractivity contribution in [2.75, 3.05) is 26.2 Å². The zero-order valence-electron chi connectivity index (χ0n) is 11.6. The second-order valence-corrected chi connectivity index (χ2v) is 5.39. The molecule has 0 bridgehead atoms. The topological polar surface area (TPSA) is 77.2 Å². The van der Waals surface area contributed by atoms with Gasteiger partial charge in [0.25, 0.3) is 0 Å². The summed E-state index contributed by atoms with van der Waals surface area (Å²) in [6, 6.07) is 0.